The van der Waals surface area contributed by atoms with Crippen LogP contribution in [0.4, 0.5) is 22.0 Å². The van der Waals surface area contributed by atoms with Crippen LogP contribution in [-0.4, -0.2) is 11.1 Å². The molecule has 0 aliphatic heterocycles. The van der Waals surface area contributed by atoms with Crippen molar-refractivity contribution in [3.63, 3.8) is 0 Å². The molecule has 0 heterocycles. The van der Waals surface area contributed by atoms with Crippen LogP contribution in [0.25, 0.3) is 11.1 Å². The highest BCUT2D eigenvalue weighted by molar-refractivity contribution is 5.89. The Morgan fingerprint density at radius 1 is 0.900 bits per heavy atom. The minimum atomic E-state index is -1.75. The van der Waals surface area contributed by atoms with Crippen molar-refractivity contribution in [1.29, 1.82) is 0 Å². The normalized spacial score (nSPS) is 11.3. The number of carboxylic acids is 1. The van der Waals surface area contributed by atoms with Crippen LogP contribution in [0.5, 0.6) is 0 Å². The Bertz CT molecular complexity index is 1020. The van der Waals surface area contributed by atoms with Crippen molar-refractivity contribution in [3.05, 3.63) is 94.3 Å². The predicted molar refractivity (Wildman–Crippen MR) is 104 cm³/mol. The minimum absolute atomic E-state index is 0.202. The Hall–Kier alpha value is -3.22. The van der Waals surface area contributed by atoms with E-state index >= 15 is 0 Å². The average molecular weight is 424 g/mol. The van der Waals surface area contributed by atoms with Crippen molar-refractivity contribution >= 4 is 5.97 Å². The molecule has 1 N–H and O–H groups in total. The lowest BCUT2D eigenvalue weighted by Crippen LogP contribution is -2.04. The first-order valence-corrected chi connectivity index (χ1v) is 8.91. The van der Waals surface area contributed by atoms with Crippen LogP contribution in [0.1, 0.15) is 37.6 Å². The van der Waals surface area contributed by atoms with Gasteiger partial charge in [-0.15, -0.1) is 0 Å². The van der Waals surface area contributed by atoms with Gasteiger partial charge in [0.05, 0.1) is 2.74 Å². The molecule has 0 amide bonds. The van der Waals surface area contributed by atoms with Crippen LogP contribution in [0.15, 0.2) is 48.5 Å². The Morgan fingerprint density at radius 3 is 1.83 bits per heavy atom. The number of hydrogen-bond acceptors (Lipinski definition) is 1. The lowest BCUT2D eigenvalue weighted by Gasteiger charge is -2.06. The molecular formula is C23H19F5O2. The van der Waals surface area contributed by atoms with Crippen LogP contribution in [0.3, 0.4) is 0 Å². The Labute approximate surface area is 173 Å². The third-order valence-corrected chi connectivity index (χ3v) is 4.06. The standard InChI is InChI=1S/C16H14F2O2.C7H5F3/c1-2-3-10-4-6-11(7-5-10)12-8-13(17)15(16(19)20)14(18)9-12;1-4-2-5(8)7(10)6(9)3-4/h4-9H,2-3H2,1H3,(H,19,20);2-3H,1H3/i;2D,3D. The van der Waals surface area contributed by atoms with Gasteiger partial charge in [-0.1, -0.05) is 37.6 Å². The summed E-state index contributed by atoms with van der Waals surface area (Å²) in [6, 6.07) is 7.92. The second-order valence-corrected chi connectivity index (χ2v) is 6.38. The summed E-state index contributed by atoms with van der Waals surface area (Å²) in [7, 11) is 0. The van der Waals surface area contributed by atoms with Gasteiger partial charge in [-0.2, -0.15) is 0 Å². The fourth-order valence-electron chi connectivity index (χ4n) is 2.66. The highest BCUT2D eigenvalue weighted by atomic mass is 19.2. The summed E-state index contributed by atoms with van der Waals surface area (Å²) < 4.78 is 78.6. The molecule has 0 bridgehead atoms. The molecule has 158 valence electrons. The Morgan fingerprint density at radius 2 is 1.40 bits per heavy atom. The number of carbonyl (C=O) groups is 1. The largest absolute Gasteiger partial charge is 0.477 e. The smallest absolute Gasteiger partial charge is 0.341 e. The van der Waals surface area contributed by atoms with Crippen LogP contribution < -0.4 is 0 Å². The van der Waals surface area contributed by atoms with Gasteiger partial charge >= 0.3 is 5.97 Å². The van der Waals surface area contributed by atoms with Crippen molar-refractivity contribution < 1.29 is 34.6 Å². The number of aryl methyl sites for hydroxylation is 1. The molecule has 30 heavy (non-hydrogen) atoms. The molecule has 0 radical (unpaired) electrons. The van der Waals surface area contributed by atoms with Gasteiger partial charge in [0.25, 0.3) is 0 Å². The van der Waals surface area contributed by atoms with E-state index in [4.69, 9.17) is 7.85 Å². The minimum Gasteiger partial charge on any atom is -0.477 e. The third kappa shape index (κ3) is 5.65. The van der Waals surface area contributed by atoms with E-state index < -0.39 is 52.7 Å². The number of halogens is 5. The van der Waals surface area contributed by atoms with E-state index in [9.17, 15) is 26.7 Å². The molecule has 3 rings (SSSR count). The highest BCUT2D eigenvalue weighted by Crippen LogP contribution is 2.25. The molecule has 0 fully saturated rings. The second-order valence-electron chi connectivity index (χ2n) is 6.38. The molecular weight excluding hydrogens is 403 g/mol. The first kappa shape index (κ1) is 20.1. The van der Waals surface area contributed by atoms with Gasteiger partial charge in [-0.3, -0.25) is 0 Å². The van der Waals surface area contributed by atoms with Crippen LogP contribution >= 0.6 is 0 Å². The zero-order valence-corrected chi connectivity index (χ0v) is 16.1. The van der Waals surface area contributed by atoms with Gasteiger partial charge < -0.3 is 5.11 Å². The van der Waals surface area contributed by atoms with Crippen molar-refractivity contribution in [2.75, 3.05) is 0 Å². The molecule has 0 spiro atoms. The number of carboxylic acid groups (broad SMARTS) is 1. The Balaban J connectivity index is 0.000000258. The second kappa shape index (κ2) is 10.0. The van der Waals surface area contributed by atoms with Gasteiger partial charge in [-0.05, 0) is 59.8 Å². The van der Waals surface area contributed by atoms with Gasteiger partial charge in [0.15, 0.2) is 17.5 Å². The molecule has 0 aliphatic carbocycles. The van der Waals surface area contributed by atoms with Crippen molar-refractivity contribution in [3.8, 4) is 11.1 Å². The maximum atomic E-state index is 13.6. The Kier molecular flexibility index (Phi) is 6.69. The fourth-order valence-corrected chi connectivity index (χ4v) is 2.66. The van der Waals surface area contributed by atoms with Gasteiger partial charge in [0.1, 0.15) is 17.2 Å². The number of benzene rings is 3. The molecule has 7 heteroatoms. The maximum absolute atomic E-state index is 13.6. The molecule has 0 aromatic heterocycles. The van der Waals surface area contributed by atoms with E-state index in [1.54, 1.807) is 12.1 Å². The van der Waals surface area contributed by atoms with Crippen LogP contribution in [0, 0.1) is 36.0 Å². The average Bonchev–Trinajstić information content (AvgIpc) is 2.75. The number of hydrogen-bond donors (Lipinski definition) is 1. The van der Waals surface area contributed by atoms with Gasteiger partial charge in [0, 0.05) is 0 Å². The summed E-state index contributed by atoms with van der Waals surface area (Å²) in [5, 5.41) is 8.72. The van der Waals surface area contributed by atoms with E-state index in [2.05, 4.69) is 6.92 Å². The molecule has 0 aliphatic rings. The topological polar surface area (TPSA) is 37.3 Å². The van der Waals surface area contributed by atoms with E-state index in [-0.39, 0.29) is 5.56 Å². The summed E-state index contributed by atoms with van der Waals surface area (Å²) in [4.78, 5) is 10.7. The van der Waals surface area contributed by atoms with Crippen LogP contribution in [-0.2, 0) is 6.42 Å². The summed E-state index contributed by atoms with van der Waals surface area (Å²) in [6.45, 7) is 3.26. The SMILES string of the molecule is CCCc1ccc(-c2cc(F)c(C(=O)O)c(F)c2)cc1.[2H]c1c(C)c([2H])c(F)c(F)c1F. The predicted octanol–water partition coefficient (Wildman–Crippen LogP) is 6.69. The zero-order valence-electron chi connectivity index (χ0n) is 18.1. The summed E-state index contributed by atoms with van der Waals surface area (Å²) >= 11 is 0. The summed E-state index contributed by atoms with van der Waals surface area (Å²) in [5.74, 6) is -8.57. The lowest BCUT2D eigenvalue weighted by molar-refractivity contribution is 0.0686. The highest BCUT2D eigenvalue weighted by Gasteiger charge is 2.18. The van der Waals surface area contributed by atoms with Crippen molar-refractivity contribution in [2.24, 2.45) is 0 Å². The summed E-state index contributed by atoms with van der Waals surface area (Å²) in [6.07, 6.45) is 1.97. The first-order valence-electron chi connectivity index (χ1n) is 9.91. The van der Waals surface area contributed by atoms with Crippen molar-refractivity contribution in [2.45, 2.75) is 26.7 Å². The maximum Gasteiger partial charge on any atom is 0.341 e. The molecule has 0 saturated heterocycles. The van der Waals surface area contributed by atoms with Crippen molar-refractivity contribution in [1.82, 2.24) is 0 Å². The molecule has 2 nitrogen and oxygen atoms in total. The third-order valence-electron chi connectivity index (χ3n) is 4.06. The molecule has 0 unspecified atom stereocenters. The molecule has 3 aromatic rings. The van der Waals surface area contributed by atoms with E-state index in [1.807, 2.05) is 12.1 Å². The quantitative estimate of drug-likeness (QED) is 0.374. The number of aromatic carboxylic acids is 1. The van der Waals surface area contributed by atoms with Crippen LogP contribution in [0.2, 0.25) is 0 Å². The van der Waals surface area contributed by atoms with Gasteiger partial charge in [-0.25, -0.2) is 26.7 Å². The lowest BCUT2D eigenvalue weighted by atomic mass is 10.0. The fraction of sp³-hybridized carbons (Fsp3) is 0.174. The molecule has 0 atom stereocenters. The molecule has 0 saturated carbocycles. The molecule has 3 aromatic carbocycles. The zero-order chi connectivity index (χ0) is 24.2. The number of rotatable bonds is 4. The van der Waals surface area contributed by atoms with Gasteiger partial charge in [0.2, 0.25) is 0 Å². The monoisotopic (exact) mass is 424 g/mol. The van der Waals surface area contributed by atoms with E-state index in [0.29, 0.717) is 11.1 Å². The van der Waals surface area contributed by atoms with E-state index in [0.717, 1.165) is 30.5 Å². The van der Waals surface area contributed by atoms with E-state index in [1.165, 1.54) is 6.92 Å². The summed E-state index contributed by atoms with van der Waals surface area (Å²) in [5.41, 5.74) is 1.01. The first-order chi connectivity index (χ1) is 15.0.